The number of hydrogen-bond donors (Lipinski definition) is 0. The minimum atomic E-state index is -0.00909. The third-order valence-electron chi connectivity index (χ3n) is 17.1. The predicted molar refractivity (Wildman–Crippen MR) is 331 cm³/mol. The van der Waals surface area contributed by atoms with Crippen LogP contribution in [0.2, 0.25) is 0 Å². The number of hydrogen-bond acceptors (Lipinski definition) is 5. The lowest BCUT2D eigenvalue weighted by molar-refractivity contribution is 0.464. The van der Waals surface area contributed by atoms with E-state index in [2.05, 4.69) is 253 Å². The molecule has 0 saturated carbocycles. The fraction of sp³-hybridized carbons (Fsp3) is 0. The third kappa shape index (κ3) is 6.25. The first-order valence-corrected chi connectivity index (χ1v) is 28.1. The lowest BCUT2D eigenvalue weighted by atomic mass is 9.35. The Bertz CT molecular complexity index is 4860. The average Bonchev–Trinajstić information content (AvgIpc) is 4.27. The average molecular weight is 1040 g/mol. The molecule has 0 atom stereocenters. The number of aromatic nitrogens is 1. The monoisotopic (exact) mass is 1040 g/mol. The zero-order valence-corrected chi connectivity index (χ0v) is 43.6. The molecule has 4 aliphatic rings. The van der Waals surface area contributed by atoms with Crippen molar-refractivity contribution < 1.29 is 18.9 Å². The number of fused-ring (bicyclic) bond motifs is 15. The first-order valence-electron chi connectivity index (χ1n) is 27.3. The standard InChI is InChI=1S/C72H41B2NO4S/c1-2-19-44(20-3-1)75-58-32-13-8-25-49(58)52-41-53(48-24-7-5-22-46(48)43-39-65-69-66(40-43)79-62-36-17-12-31-57(62)74(69)56-30-11-16-35-61(56)78-65)72-67(70(52)75)51-27-18-26-50(71(51)80-72)47-23-6-4-21-45(47)42-37-63-68-64(38-42)77-60-34-15-10-29-55(60)73(68)54-28-9-14-33-59(54)76-63/h1-41H. The molecule has 0 amide bonds. The van der Waals surface area contributed by atoms with Gasteiger partial charge < -0.3 is 23.5 Å². The Morgan fingerprint density at radius 2 is 0.713 bits per heavy atom. The van der Waals surface area contributed by atoms with E-state index in [1.165, 1.54) is 42.0 Å². The van der Waals surface area contributed by atoms with Gasteiger partial charge in [0.1, 0.15) is 46.0 Å². The van der Waals surface area contributed by atoms with E-state index in [-0.39, 0.29) is 13.4 Å². The highest BCUT2D eigenvalue weighted by Crippen LogP contribution is 2.52. The van der Waals surface area contributed by atoms with Gasteiger partial charge in [0.25, 0.3) is 13.4 Å². The van der Waals surface area contributed by atoms with Crippen molar-refractivity contribution >= 4 is 99.5 Å². The van der Waals surface area contributed by atoms with Crippen molar-refractivity contribution in [3.8, 4) is 96.2 Å². The van der Waals surface area contributed by atoms with Crippen molar-refractivity contribution in [2.75, 3.05) is 0 Å². The van der Waals surface area contributed by atoms with E-state index < -0.39 is 0 Å². The largest absolute Gasteiger partial charge is 0.458 e. The Morgan fingerprint density at radius 3 is 1.24 bits per heavy atom. The lowest BCUT2D eigenvalue weighted by Crippen LogP contribution is -2.57. The second kappa shape index (κ2) is 16.7. The van der Waals surface area contributed by atoms with E-state index in [1.807, 2.05) is 11.3 Å². The summed E-state index contributed by atoms with van der Waals surface area (Å²) in [5, 5.41) is 4.82. The molecule has 6 heterocycles. The van der Waals surface area contributed by atoms with Crippen LogP contribution in [0.15, 0.2) is 249 Å². The molecule has 2 aromatic heterocycles. The molecule has 4 aliphatic heterocycles. The summed E-state index contributed by atoms with van der Waals surface area (Å²) >= 11 is 1.88. The van der Waals surface area contributed by atoms with Crippen LogP contribution >= 0.6 is 11.3 Å². The van der Waals surface area contributed by atoms with Crippen LogP contribution in [0.5, 0.6) is 46.0 Å². The van der Waals surface area contributed by atoms with Gasteiger partial charge in [0.2, 0.25) is 0 Å². The van der Waals surface area contributed by atoms with Gasteiger partial charge in [0.15, 0.2) is 0 Å². The Morgan fingerprint density at radius 1 is 0.300 bits per heavy atom. The fourth-order valence-electron chi connectivity index (χ4n) is 13.7. The van der Waals surface area contributed by atoms with Crippen LogP contribution in [0.25, 0.3) is 92.2 Å². The molecule has 0 bridgehead atoms. The fourth-order valence-corrected chi connectivity index (χ4v) is 15.1. The molecule has 8 heteroatoms. The van der Waals surface area contributed by atoms with Crippen molar-refractivity contribution in [3.63, 3.8) is 0 Å². The van der Waals surface area contributed by atoms with E-state index in [0.29, 0.717) is 0 Å². The summed E-state index contributed by atoms with van der Waals surface area (Å²) in [6, 6.07) is 89.3. The van der Waals surface area contributed by atoms with Crippen molar-refractivity contribution in [3.05, 3.63) is 249 Å². The van der Waals surface area contributed by atoms with E-state index >= 15 is 0 Å². The van der Waals surface area contributed by atoms with Gasteiger partial charge in [0.05, 0.1) is 11.0 Å². The highest BCUT2D eigenvalue weighted by molar-refractivity contribution is 7.27. The number of ether oxygens (including phenoxy) is 4. The van der Waals surface area contributed by atoms with Crippen molar-refractivity contribution in [1.29, 1.82) is 0 Å². The maximum atomic E-state index is 6.89. The first kappa shape index (κ1) is 44.0. The number of benzene rings is 12. The molecule has 0 radical (unpaired) electrons. The lowest BCUT2D eigenvalue weighted by Gasteiger charge is -2.33. The number of nitrogens with zero attached hydrogens (tertiary/aromatic N) is 1. The van der Waals surface area contributed by atoms with Gasteiger partial charge in [-0.1, -0.05) is 176 Å². The van der Waals surface area contributed by atoms with Gasteiger partial charge in [-0.3, -0.25) is 0 Å². The molecule has 80 heavy (non-hydrogen) atoms. The summed E-state index contributed by atoms with van der Waals surface area (Å²) in [6.45, 7) is -0.0107. The first-order chi connectivity index (χ1) is 39.7. The van der Waals surface area contributed by atoms with E-state index in [1.54, 1.807) is 0 Å². The van der Waals surface area contributed by atoms with Gasteiger partial charge in [-0.15, -0.1) is 11.3 Å². The molecule has 0 unspecified atom stereocenters. The highest BCUT2D eigenvalue weighted by Gasteiger charge is 2.42. The van der Waals surface area contributed by atoms with Gasteiger partial charge in [-0.25, -0.2) is 0 Å². The molecule has 0 N–H and O–H groups in total. The summed E-state index contributed by atoms with van der Waals surface area (Å²) in [7, 11) is 0. The van der Waals surface area contributed by atoms with Crippen molar-refractivity contribution in [2.45, 2.75) is 0 Å². The second-order valence-electron chi connectivity index (χ2n) is 21.3. The van der Waals surface area contributed by atoms with Gasteiger partial charge >= 0.3 is 0 Å². The van der Waals surface area contributed by atoms with Crippen LogP contribution in [-0.4, -0.2) is 18.0 Å². The molecule has 14 aromatic rings. The Balaban J connectivity index is 0.877. The molecule has 370 valence electrons. The number of thiophene rings is 1. The Hall–Kier alpha value is -10.0. The maximum absolute atomic E-state index is 6.89. The molecular weight excluding hydrogens is 996 g/mol. The zero-order chi connectivity index (χ0) is 52.2. The van der Waals surface area contributed by atoms with Gasteiger partial charge in [-0.05, 0) is 128 Å². The molecule has 12 aromatic carbocycles. The Kier molecular flexibility index (Phi) is 9.22. The summed E-state index contributed by atoms with van der Waals surface area (Å²) < 4.78 is 32.4. The Labute approximate surface area is 465 Å². The summed E-state index contributed by atoms with van der Waals surface area (Å²) in [5.41, 5.74) is 19.0. The van der Waals surface area contributed by atoms with Crippen LogP contribution in [0, 0.1) is 0 Å². The van der Waals surface area contributed by atoms with Crippen LogP contribution in [0.3, 0.4) is 0 Å². The highest BCUT2D eigenvalue weighted by atomic mass is 32.1. The second-order valence-corrected chi connectivity index (χ2v) is 22.3. The van der Waals surface area contributed by atoms with E-state index in [9.17, 15) is 0 Å². The SMILES string of the molecule is c1ccc(-n2c3ccccc3c3cc(-c4ccccc4-c4cc5c6c(c4)Oc4ccccc4B6c4ccccc4O5)c4sc5c(-c6ccccc6-c6cc7c8c(c6)Oc6ccccc6B8c6ccccc6O7)cccc5c4c32)cc1. The summed E-state index contributed by atoms with van der Waals surface area (Å²) in [6.07, 6.45) is 0. The summed E-state index contributed by atoms with van der Waals surface area (Å²) in [5.74, 6) is 6.76. The van der Waals surface area contributed by atoms with Crippen LogP contribution < -0.4 is 51.7 Å². The molecule has 0 aliphatic carbocycles. The van der Waals surface area contributed by atoms with Crippen molar-refractivity contribution in [2.24, 2.45) is 0 Å². The normalized spacial score (nSPS) is 13.1. The van der Waals surface area contributed by atoms with E-state index in [4.69, 9.17) is 18.9 Å². The predicted octanol–water partition coefficient (Wildman–Crippen LogP) is 15.3. The maximum Gasteiger partial charge on any atom is 0.260 e. The quantitative estimate of drug-likeness (QED) is 0.161. The topological polar surface area (TPSA) is 41.9 Å². The molecule has 18 rings (SSSR count). The minimum Gasteiger partial charge on any atom is -0.458 e. The molecule has 5 nitrogen and oxygen atoms in total. The summed E-state index contributed by atoms with van der Waals surface area (Å²) in [4.78, 5) is 0. The third-order valence-corrected chi connectivity index (χ3v) is 18.3. The van der Waals surface area contributed by atoms with Crippen LogP contribution in [0.4, 0.5) is 0 Å². The van der Waals surface area contributed by atoms with Gasteiger partial charge in [0, 0.05) is 58.7 Å². The van der Waals surface area contributed by atoms with Crippen LogP contribution in [-0.2, 0) is 0 Å². The van der Waals surface area contributed by atoms with Crippen molar-refractivity contribution in [1.82, 2.24) is 4.57 Å². The minimum absolute atomic E-state index is 0.00159. The molecular formula is C72H41B2NO4S. The number of para-hydroxylation sites is 6. The van der Waals surface area contributed by atoms with Crippen LogP contribution in [0.1, 0.15) is 0 Å². The molecule has 0 fully saturated rings. The molecule has 0 spiro atoms. The molecule has 0 saturated heterocycles. The van der Waals surface area contributed by atoms with Gasteiger partial charge in [-0.2, -0.15) is 0 Å². The van der Waals surface area contributed by atoms with E-state index in [0.717, 1.165) is 129 Å². The number of rotatable bonds is 5. The zero-order valence-electron chi connectivity index (χ0n) is 42.8. The smallest absolute Gasteiger partial charge is 0.260 e.